The fourth-order valence-electron chi connectivity index (χ4n) is 1.91. The van der Waals surface area contributed by atoms with Crippen LogP contribution in [0.25, 0.3) is 0 Å². The number of carbonyl (C=O) groups excluding carboxylic acids is 1. The molecule has 1 amide bonds. The summed E-state index contributed by atoms with van der Waals surface area (Å²) in [5.74, 6) is -0.0348. The number of ether oxygens (including phenoxy) is 2. The van der Waals surface area contributed by atoms with Crippen molar-refractivity contribution in [2.75, 3.05) is 32.1 Å². The minimum Gasteiger partial charge on any atom is -0.495 e. The number of non-ortho nitro benzene ring substituents is 1. The number of nitrogens with one attached hydrogen (secondary N) is 2. The Morgan fingerprint density at radius 2 is 2.24 bits per heavy atom. The largest absolute Gasteiger partial charge is 0.495 e. The molecule has 0 saturated carbocycles. The van der Waals surface area contributed by atoms with Gasteiger partial charge in [-0.05, 0) is 13.0 Å². The van der Waals surface area contributed by atoms with Gasteiger partial charge in [-0.2, -0.15) is 0 Å². The summed E-state index contributed by atoms with van der Waals surface area (Å²) >= 11 is 0. The van der Waals surface area contributed by atoms with E-state index < -0.39 is 4.92 Å². The van der Waals surface area contributed by atoms with Gasteiger partial charge in [-0.15, -0.1) is 0 Å². The molecule has 0 spiro atoms. The molecular weight excluding hydrogens is 278 g/mol. The number of nitro groups is 1. The first-order valence-electron chi connectivity index (χ1n) is 6.40. The molecule has 1 aromatic rings. The Labute approximate surface area is 121 Å². The van der Waals surface area contributed by atoms with Gasteiger partial charge in [0.15, 0.2) is 0 Å². The molecule has 21 heavy (non-hydrogen) atoms. The zero-order valence-corrected chi connectivity index (χ0v) is 11.8. The van der Waals surface area contributed by atoms with E-state index in [-0.39, 0.29) is 29.5 Å². The van der Waals surface area contributed by atoms with Crippen molar-refractivity contribution in [3.8, 4) is 5.75 Å². The maximum absolute atomic E-state index is 11.9. The molecule has 1 heterocycles. The molecule has 2 rings (SSSR count). The number of nitro benzene ring substituents is 1. The number of hydrogen-bond donors (Lipinski definition) is 2. The van der Waals surface area contributed by atoms with E-state index in [0.29, 0.717) is 18.8 Å². The van der Waals surface area contributed by atoms with Crippen LogP contribution in [-0.4, -0.2) is 43.2 Å². The molecule has 8 heteroatoms. The van der Waals surface area contributed by atoms with Gasteiger partial charge in [-0.3, -0.25) is 14.9 Å². The highest BCUT2D eigenvalue weighted by molar-refractivity contribution is 5.93. The van der Waals surface area contributed by atoms with Crippen molar-refractivity contribution in [3.05, 3.63) is 28.3 Å². The summed E-state index contributed by atoms with van der Waals surface area (Å²) in [4.78, 5) is 22.1. The van der Waals surface area contributed by atoms with E-state index in [0.717, 1.165) is 0 Å². The number of nitrogens with zero attached hydrogens (tertiary/aromatic N) is 1. The second-order valence-electron chi connectivity index (χ2n) is 5.03. The Bertz CT molecular complexity index is 557. The van der Waals surface area contributed by atoms with Gasteiger partial charge in [0.1, 0.15) is 12.4 Å². The van der Waals surface area contributed by atoms with Crippen molar-refractivity contribution >= 4 is 17.3 Å². The van der Waals surface area contributed by atoms with Crippen LogP contribution in [-0.2, 0) is 9.53 Å². The molecule has 0 aromatic heterocycles. The van der Waals surface area contributed by atoms with Gasteiger partial charge in [-0.1, -0.05) is 0 Å². The average molecular weight is 295 g/mol. The first-order valence-corrected chi connectivity index (χ1v) is 6.40. The smallest absolute Gasteiger partial charge is 0.271 e. The van der Waals surface area contributed by atoms with Gasteiger partial charge < -0.3 is 20.1 Å². The summed E-state index contributed by atoms with van der Waals surface area (Å²) in [5, 5.41) is 16.4. The monoisotopic (exact) mass is 295 g/mol. The number of carbonyl (C=O) groups is 1. The highest BCUT2D eigenvalue weighted by Gasteiger charge is 2.33. The first kappa shape index (κ1) is 15.2. The molecule has 1 aliphatic heterocycles. The van der Waals surface area contributed by atoms with Crippen LogP contribution < -0.4 is 15.4 Å². The number of rotatable bonds is 6. The van der Waals surface area contributed by atoms with Crippen LogP contribution in [0.1, 0.15) is 6.92 Å². The van der Waals surface area contributed by atoms with Gasteiger partial charge in [0, 0.05) is 25.2 Å². The van der Waals surface area contributed by atoms with Gasteiger partial charge in [0.05, 0.1) is 23.3 Å². The van der Waals surface area contributed by atoms with Crippen molar-refractivity contribution in [2.45, 2.75) is 12.5 Å². The highest BCUT2D eigenvalue weighted by atomic mass is 16.6. The number of methoxy groups -OCH3 is 1. The minimum absolute atomic E-state index is 0.121. The summed E-state index contributed by atoms with van der Waals surface area (Å²) in [6.07, 6.45) is 0. The predicted molar refractivity (Wildman–Crippen MR) is 75.5 cm³/mol. The molecule has 1 aromatic carbocycles. The van der Waals surface area contributed by atoms with Crippen molar-refractivity contribution in [3.63, 3.8) is 0 Å². The minimum atomic E-state index is -0.535. The maximum atomic E-state index is 11.9. The van der Waals surface area contributed by atoms with Crippen LogP contribution in [0.5, 0.6) is 5.75 Å². The molecule has 0 unspecified atom stereocenters. The SMILES string of the molecule is COc1ccc([N+](=O)[O-])cc1NC(=O)COC1(C)CNC1. The lowest BCUT2D eigenvalue weighted by molar-refractivity contribution is -0.384. The number of benzene rings is 1. The van der Waals surface area contributed by atoms with Crippen LogP contribution in [0.15, 0.2) is 18.2 Å². The Morgan fingerprint density at radius 1 is 1.52 bits per heavy atom. The quantitative estimate of drug-likeness (QED) is 0.597. The summed E-state index contributed by atoms with van der Waals surface area (Å²) in [7, 11) is 1.42. The first-order chi connectivity index (χ1) is 9.93. The summed E-state index contributed by atoms with van der Waals surface area (Å²) < 4.78 is 10.6. The second kappa shape index (κ2) is 6.06. The number of anilines is 1. The summed E-state index contributed by atoms with van der Waals surface area (Å²) in [6.45, 7) is 3.18. The fraction of sp³-hybridized carbons (Fsp3) is 0.462. The van der Waals surface area contributed by atoms with Gasteiger partial charge >= 0.3 is 0 Å². The molecule has 0 atom stereocenters. The van der Waals surface area contributed by atoms with Crippen molar-refractivity contribution < 1.29 is 19.2 Å². The second-order valence-corrected chi connectivity index (χ2v) is 5.03. The zero-order chi connectivity index (χ0) is 15.5. The molecule has 8 nitrogen and oxygen atoms in total. The molecule has 2 N–H and O–H groups in total. The fourth-order valence-corrected chi connectivity index (χ4v) is 1.91. The Kier molecular flexibility index (Phi) is 4.39. The van der Waals surface area contributed by atoms with Crippen molar-refractivity contribution in [1.82, 2.24) is 5.32 Å². The summed E-state index contributed by atoms with van der Waals surface area (Å²) in [5.41, 5.74) is -0.205. The standard InChI is InChI=1S/C13H17N3O5/c1-13(7-14-8-13)21-6-12(17)15-10-5-9(16(18)19)3-4-11(10)20-2/h3-5,14H,6-8H2,1-2H3,(H,15,17). The van der Waals surface area contributed by atoms with Gasteiger partial charge in [0.2, 0.25) is 0 Å². The third kappa shape index (κ3) is 3.67. The van der Waals surface area contributed by atoms with E-state index in [1.807, 2.05) is 6.92 Å². The normalized spacial score (nSPS) is 15.9. The van der Waals surface area contributed by atoms with E-state index in [2.05, 4.69) is 10.6 Å². The van der Waals surface area contributed by atoms with Crippen LogP contribution >= 0.6 is 0 Å². The zero-order valence-electron chi connectivity index (χ0n) is 11.8. The van der Waals surface area contributed by atoms with Crippen molar-refractivity contribution in [1.29, 1.82) is 0 Å². The van der Waals surface area contributed by atoms with Crippen LogP contribution in [0.2, 0.25) is 0 Å². The molecule has 0 radical (unpaired) electrons. The summed E-state index contributed by atoms with van der Waals surface area (Å²) in [6, 6.07) is 4.00. The average Bonchev–Trinajstić information content (AvgIpc) is 2.43. The lowest BCUT2D eigenvalue weighted by Gasteiger charge is -2.38. The molecule has 1 aliphatic rings. The lowest BCUT2D eigenvalue weighted by atomic mass is 10.0. The third-order valence-corrected chi connectivity index (χ3v) is 3.22. The maximum Gasteiger partial charge on any atom is 0.271 e. The van der Waals surface area contributed by atoms with E-state index >= 15 is 0 Å². The van der Waals surface area contributed by atoms with Gasteiger partial charge in [0.25, 0.3) is 11.6 Å². The molecule has 1 saturated heterocycles. The molecule has 0 aliphatic carbocycles. The van der Waals surface area contributed by atoms with Crippen LogP contribution in [0, 0.1) is 10.1 Å². The van der Waals surface area contributed by atoms with E-state index in [9.17, 15) is 14.9 Å². The third-order valence-electron chi connectivity index (χ3n) is 3.22. The molecule has 1 fully saturated rings. The lowest BCUT2D eigenvalue weighted by Crippen LogP contribution is -2.59. The number of hydrogen-bond acceptors (Lipinski definition) is 6. The van der Waals surface area contributed by atoms with E-state index in [1.54, 1.807) is 0 Å². The van der Waals surface area contributed by atoms with E-state index in [4.69, 9.17) is 9.47 Å². The molecular formula is C13H17N3O5. The highest BCUT2D eigenvalue weighted by Crippen LogP contribution is 2.28. The Hall–Kier alpha value is -2.19. The molecule has 0 bridgehead atoms. The van der Waals surface area contributed by atoms with Gasteiger partial charge in [-0.25, -0.2) is 0 Å². The topological polar surface area (TPSA) is 103 Å². The van der Waals surface area contributed by atoms with Crippen molar-refractivity contribution in [2.24, 2.45) is 0 Å². The predicted octanol–water partition coefficient (Wildman–Crippen LogP) is 0.920. The van der Waals surface area contributed by atoms with Crippen LogP contribution in [0.4, 0.5) is 11.4 Å². The van der Waals surface area contributed by atoms with Crippen LogP contribution in [0.3, 0.4) is 0 Å². The Morgan fingerprint density at radius 3 is 2.76 bits per heavy atom. The number of amides is 1. The molecule has 114 valence electrons. The Balaban J connectivity index is 2.01. The van der Waals surface area contributed by atoms with E-state index in [1.165, 1.54) is 25.3 Å².